The number of hydrogen-bond donors (Lipinski definition) is 2. The Bertz CT molecular complexity index is 918. The van der Waals surface area contributed by atoms with Crippen molar-refractivity contribution in [3.63, 3.8) is 0 Å². The Morgan fingerprint density at radius 2 is 1.06 bits per heavy atom. The van der Waals surface area contributed by atoms with Gasteiger partial charge < -0.3 is 19.7 Å². The Morgan fingerprint density at radius 3 is 1.61 bits per heavy atom. The summed E-state index contributed by atoms with van der Waals surface area (Å²) in [5, 5.41) is 19.3. The van der Waals surface area contributed by atoms with Crippen LogP contribution in [-0.2, 0) is 19.1 Å². The Labute approximate surface area is 313 Å². The van der Waals surface area contributed by atoms with Crippen molar-refractivity contribution >= 4 is 11.9 Å². The molecule has 6 heteroatoms. The van der Waals surface area contributed by atoms with Gasteiger partial charge in [0.1, 0.15) is 6.61 Å². The average Bonchev–Trinajstić information content (AvgIpc) is 3.13. The summed E-state index contributed by atoms with van der Waals surface area (Å²) in [6, 6.07) is 0. The molecule has 0 saturated carbocycles. The van der Waals surface area contributed by atoms with Crippen LogP contribution >= 0.6 is 0 Å². The first kappa shape index (κ1) is 48.6. The highest BCUT2D eigenvalue weighted by molar-refractivity contribution is 5.70. The number of carbonyl (C=O) groups excluding carboxylic acids is 2. The van der Waals surface area contributed by atoms with Crippen molar-refractivity contribution in [1.82, 2.24) is 0 Å². The third kappa shape index (κ3) is 38.6. The monoisotopic (exact) mass is 715 g/mol. The van der Waals surface area contributed by atoms with E-state index in [9.17, 15) is 19.8 Å². The van der Waals surface area contributed by atoms with Crippen LogP contribution in [0.2, 0.25) is 0 Å². The van der Waals surface area contributed by atoms with Crippen LogP contribution < -0.4 is 0 Å². The molecule has 2 atom stereocenters. The van der Waals surface area contributed by atoms with Crippen LogP contribution in [-0.4, -0.2) is 47.6 Å². The molecule has 0 bridgehead atoms. The van der Waals surface area contributed by atoms with E-state index < -0.39 is 12.2 Å². The summed E-state index contributed by atoms with van der Waals surface area (Å²) in [6.07, 6.45) is 49.2. The predicted molar refractivity (Wildman–Crippen MR) is 216 cm³/mol. The van der Waals surface area contributed by atoms with Crippen LogP contribution in [0.4, 0.5) is 0 Å². The molecule has 0 rings (SSSR count). The Balaban J connectivity index is 3.65. The summed E-state index contributed by atoms with van der Waals surface area (Å²) in [5.41, 5.74) is 0. The lowest BCUT2D eigenvalue weighted by atomic mass is 10.0. The van der Waals surface area contributed by atoms with Gasteiger partial charge in [-0.15, -0.1) is 0 Å². The number of unbranched alkanes of at least 4 members (excludes halogenated alkanes) is 19. The molecule has 0 spiro atoms. The second-order valence-corrected chi connectivity index (χ2v) is 13.9. The molecular weight excluding hydrogens is 636 g/mol. The molecule has 51 heavy (non-hydrogen) atoms. The van der Waals surface area contributed by atoms with E-state index in [-0.39, 0.29) is 31.6 Å². The van der Waals surface area contributed by atoms with Crippen molar-refractivity contribution in [3.05, 3.63) is 60.8 Å². The van der Waals surface area contributed by atoms with Crippen LogP contribution in [0.3, 0.4) is 0 Å². The number of hydrogen-bond acceptors (Lipinski definition) is 6. The smallest absolute Gasteiger partial charge is 0.306 e. The largest absolute Gasteiger partial charge is 0.462 e. The highest BCUT2D eigenvalue weighted by atomic mass is 16.6. The maximum Gasteiger partial charge on any atom is 0.306 e. The zero-order valence-electron chi connectivity index (χ0n) is 33.0. The summed E-state index contributed by atoms with van der Waals surface area (Å²) < 4.78 is 10.6. The third-order valence-corrected chi connectivity index (χ3v) is 8.90. The maximum absolute atomic E-state index is 12.2. The fraction of sp³-hybridized carbons (Fsp3) is 0.733. The van der Waals surface area contributed by atoms with Gasteiger partial charge in [0.2, 0.25) is 0 Å². The molecule has 6 nitrogen and oxygen atoms in total. The molecule has 0 heterocycles. The standard InChI is InChI=1S/C45H78O6/c1-3-5-7-8-9-10-11-12-13-14-15-16-17-18-23-26-29-32-35-39-45(49)51-43(40-46)41-50-44(48)38-34-31-28-25-22-20-19-21-24-27-30-33-37-42(47)36-6-4-2/h6,19-20,24-25,27-28,30,33,36,42-43,46-47H,3-5,7-18,21-23,26,29,31-32,34-35,37-41H2,1-2H3/b20-19-,27-24-,28-25-,33-30+,36-6-/t42?,43-/m0/s1. The number of aliphatic hydroxyl groups excluding tert-OH is 2. The summed E-state index contributed by atoms with van der Waals surface area (Å²) in [6.45, 7) is 3.86. The molecule has 0 aromatic rings. The normalized spacial score (nSPS) is 13.4. The van der Waals surface area contributed by atoms with Crippen molar-refractivity contribution < 1.29 is 29.3 Å². The van der Waals surface area contributed by atoms with Crippen molar-refractivity contribution in [2.24, 2.45) is 0 Å². The van der Waals surface area contributed by atoms with Gasteiger partial charge in [0.25, 0.3) is 0 Å². The number of rotatable bonds is 37. The predicted octanol–water partition coefficient (Wildman–Crippen LogP) is 12.1. The highest BCUT2D eigenvalue weighted by Gasteiger charge is 2.16. The van der Waals surface area contributed by atoms with Crippen LogP contribution in [0.25, 0.3) is 0 Å². The van der Waals surface area contributed by atoms with Crippen molar-refractivity contribution in [2.45, 2.75) is 199 Å². The fourth-order valence-electron chi connectivity index (χ4n) is 5.73. The minimum Gasteiger partial charge on any atom is -0.462 e. The molecule has 0 radical (unpaired) electrons. The molecule has 0 aromatic heterocycles. The van der Waals surface area contributed by atoms with Crippen molar-refractivity contribution in [2.75, 3.05) is 13.2 Å². The second kappa shape index (κ2) is 40.3. The van der Waals surface area contributed by atoms with E-state index in [1.807, 2.05) is 37.3 Å². The van der Waals surface area contributed by atoms with Gasteiger partial charge in [-0.05, 0) is 44.9 Å². The number of esters is 2. The summed E-state index contributed by atoms with van der Waals surface area (Å²) >= 11 is 0. The lowest BCUT2D eigenvalue weighted by Gasteiger charge is -2.15. The molecule has 0 saturated heterocycles. The molecule has 0 aromatic carbocycles. The number of ether oxygens (including phenoxy) is 2. The first-order chi connectivity index (χ1) is 25.0. The Morgan fingerprint density at radius 1 is 0.569 bits per heavy atom. The molecule has 0 aliphatic rings. The first-order valence-electron chi connectivity index (χ1n) is 21.0. The topological polar surface area (TPSA) is 93.1 Å². The van der Waals surface area contributed by atoms with Gasteiger partial charge >= 0.3 is 11.9 Å². The zero-order valence-corrected chi connectivity index (χ0v) is 33.0. The van der Waals surface area contributed by atoms with E-state index in [0.717, 1.165) is 44.9 Å². The summed E-state index contributed by atoms with van der Waals surface area (Å²) in [7, 11) is 0. The first-order valence-corrected chi connectivity index (χ1v) is 21.0. The molecular formula is C45H78O6. The number of carbonyl (C=O) groups is 2. The van der Waals surface area contributed by atoms with E-state index in [1.165, 1.54) is 103 Å². The Kier molecular flexibility index (Phi) is 38.4. The molecule has 2 N–H and O–H groups in total. The van der Waals surface area contributed by atoms with Gasteiger partial charge in [0.05, 0.1) is 12.7 Å². The van der Waals surface area contributed by atoms with Gasteiger partial charge in [0, 0.05) is 12.8 Å². The molecule has 0 aliphatic heterocycles. The van der Waals surface area contributed by atoms with Gasteiger partial charge in [-0.3, -0.25) is 9.59 Å². The Hall–Kier alpha value is -2.44. The maximum atomic E-state index is 12.2. The van der Waals surface area contributed by atoms with Crippen LogP contribution in [0.1, 0.15) is 187 Å². The van der Waals surface area contributed by atoms with Crippen molar-refractivity contribution in [1.29, 1.82) is 0 Å². The molecule has 0 aliphatic carbocycles. The minimum atomic E-state index is -0.805. The number of allylic oxidation sites excluding steroid dienone is 8. The molecule has 294 valence electrons. The molecule has 0 fully saturated rings. The lowest BCUT2D eigenvalue weighted by Crippen LogP contribution is -2.28. The van der Waals surface area contributed by atoms with E-state index in [1.54, 1.807) is 0 Å². The lowest BCUT2D eigenvalue weighted by molar-refractivity contribution is -0.161. The minimum absolute atomic E-state index is 0.108. The summed E-state index contributed by atoms with van der Waals surface area (Å²) in [4.78, 5) is 24.3. The van der Waals surface area contributed by atoms with Crippen LogP contribution in [0, 0.1) is 0 Å². The molecule has 0 amide bonds. The highest BCUT2D eigenvalue weighted by Crippen LogP contribution is 2.15. The van der Waals surface area contributed by atoms with E-state index in [4.69, 9.17) is 9.47 Å². The average molecular weight is 715 g/mol. The SMILES string of the molecule is CC/C=C\C(O)C/C=C/C=C\C/C=C\C/C=C\CCCC(=O)OC[C@H](CO)OC(=O)CCCCCCCCCCCCCCCCCCCCC. The summed E-state index contributed by atoms with van der Waals surface area (Å²) in [5.74, 6) is -0.680. The van der Waals surface area contributed by atoms with Gasteiger partial charge in [-0.25, -0.2) is 0 Å². The second-order valence-electron chi connectivity index (χ2n) is 13.9. The quantitative estimate of drug-likeness (QED) is 0.0288. The van der Waals surface area contributed by atoms with Crippen LogP contribution in [0.5, 0.6) is 0 Å². The zero-order chi connectivity index (χ0) is 37.3. The van der Waals surface area contributed by atoms with E-state index >= 15 is 0 Å². The van der Waals surface area contributed by atoms with Crippen LogP contribution in [0.15, 0.2) is 60.8 Å². The van der Waals surface area contributed by atoms with E-state index in [2.05, 4.69) is 37.3 Å². The fourth-order valence-corrected chi connectivity index (χ4v) is 5.73. The van der Waals surface area contributed by atoms with Gasteiger partial charge in [-0.2, -0.15) is 0 Å². The third-order valence-electron chi connectivity index (χ3n) is 8.90. The van der Waals surface area contributed by atoms with Crippen molar-refractivity contribution in [3.8, 4) is 0 Å². The number of aliphatic hydroxyl groups is 2. The molecule has 1 unspecified atom stereocenters. The van der Waals surface area contributed by atoms with E-state index in [0.29, 0.717) is 19.3 Å². The van der Waals surface area contributed by atoms with Gasteiger partial charge in [0.15, 0.2) is 6.10 Å². The van der Waals surface area contributed by atoms with Gasteiger partial charge in [-0.1, -0.05) is 190 Å².